The van der Waals surface area contributed by atoms with Gasteiger partial charge in [0.25, 0.3) is 5.91 Å². The number of hydrogen-bond acceptors (Lipinski definition) is 4. The van der Waals surface area contributed by atoms with Crippen LogP contribution in [0.2, 0.25) is 0 Å². The molecule has 5 nitrogen and oxygen atoms in total. The maximum Gasteiger partial charge on any atom is 0.270 e. The van der Waals surface area contributed by atoms with Gasteiger partial charge in [-0.3, -0.25) is 9.78 Å². The minimum atomic E-state index is -0.215. The van der Waals surface area contributed by atoms with Gasteiger partial charge in [-0.1, -0.05) is 0 Å². The van der Waals surface area contributed by atoms with Crippen molar-refractivity contribution in [3.05, 3.63) is 35.7 Å². The van der Waals surface area contributed by atoms with Gasteiger partial charge in [0.2, 0.25) is 0 Å². The lowest BCUT2D eigenvalue weighted by atomic mass is 10.0. The number of nitrogens with zero attached hydrogens (tertiary/aromatic N) is 1. The number of fused-ring (bicyclic) bond motifs is 1. The molecule has 3 N–H and O–H groups in total. The molecule has 2 rings (SSSR count). The van der Waals surface area contributed by atoms with Crippen LogP contribution in [0.25, 0.3) is 10.8 Å². The first-order valence-electron chi connectivity index (χ1n) is 6.05. The molecule has 0 atom stereocenters. The Morgan fingerprint density at radius 3 is 2.95 bits per heavy atom. The Morgan fingerprint density at radius 2 is 2.21 bits per heavy atom. The molecule has 0 aliphatic carbocycles. The SMILES string of the molecule is COCCNC(=O)c1nccc2c(N)cc(C)cc12. The van der Waals surface area contributed by atoms with Crippen molar-refractivity contribution in [2.24, 2.45) is 0 Å². The fourth-order valence-electron chi connectivity index (χ4n) is 1.99. The van der Waals surface area contributed by atoms with Gasteiger partial charge in [0.05, 0.1) is 6.61 Å². The van der Waals surface area contributed by atoms with E-state index >= 15 is 0 Å². The highest BCUT2D eigenvalue weighted by Crippen LogP contribution is 2.24. The van der Waals surface area contributed by atoms with Crippen molar-refractivity contribution in [1.29, 1.82) is 0 Å². The quantitative estimate of drug-likeness (QED) is 0.644. The lowest BCUT2D eigenvalue weighted by Crippen LogP contribution is -2.27. The Balaban J connectivity index is 2.40. The van der Waals surface area contributed by atoms with Gasteiger partial charge >= 0.3 is 0 Å². The van der Waals surface area contributed by atoms with E-state index in [2.05, 4.69) is 10.3 Å². The summed E-state index contributed by atoms with van der Waals surface area (Å²) in [4.78, 5) is 16.2. The molecule has 0 unspecified atom stereocenters. The average molecular weight is 259 g/mol. The number of methoxy groups -OCH3 is 1. The Kier molecular flexibility index (Phi) is 3.97. The maximum absolute atomic E-state index is 12.1. The molecule has 0 aliphatic heterocycles. The molecule has 5 heteroatoms. The van der Waals surface area contributed by atoms with Crippen molar-refractivity contribution in [2.75, 3.05) is 26.0 Å². The molecule has 1 amide bonds. The number of amides is 1. The predicted octanol–water partition coefficient (Wildman–Crippen LogP) is 1.50. The molecule has 0 bridgehead atoms. The van der Waals surface area contributed by atoms with Crippen LogP contribution >= 0.6 is 0 Å². The second-order valence-corrected chi connectivity index (χ2v) is 4.36. The minimum absolute atomic E-state index is 0.215. The zero-order valence-corrected chi connectivity index (χ0v) is 11.1. The number of pyridine rings is 1. The van der Waals surface area contributed by atoms with Gasteiger partial charge in [-0.05, 0) is 30.7 Å². The van der Waals surface area contributed by atoms with Crippen LogP contribution in [-0.2, 0) is 4.74 Å². The summed E-state index contributed by atoms with van der Waals surface area (Å²) >= 11 is 0. The van der Waals surface area contributed by atoms with Gasteiger partial charge in [-0.25, -0.2) is 0 Å². The van der Waals surface area contributed by atoms with Gasteiger partial charge in [0.1, 0.15) is 5.69 Å². The number of carbonyl (C=O) groups is 1. The summed E-state index contributed by atoms with van der Waals surface area (Å²) in [5, 5.41) is 4.38. The number of hydrogen-bond donors (Lipinski definition) is 2. The van der Waals surface area contributed by atoms with Crippen LogP contribution in [0.15, 0.2) is 24.4 Å². The van der Waals surface area contributed by atoms with Crippen molar-refractivity contribution in [3.63, 3.8) is 0 Å². The first kappa shape index (κ1) is 13.3. The van der Waals surface area contributed by atoms with E-state index in [0.717, 1.165) is 16.3 Å². The van der Waals surface area contributed by atoms with Crippen molar-refractivity contribution < 1.29 is 9.53 Å². The number of benzene rings is 1. The molecule has 2 aromatic rings. The standard InChI is InChI=1S/C14H17N3O2/c1-9-7-11-10(12(15)8-9)3-4-16-13(11)14(18)17-5-6-19-2/h3-4,7-8H,5-6,15H2,1-2H3,(H,17,18). The highest BCUT2D eigenvalue weighted by Gasteiger charge is 2.12. The summed E-state index contributed by atoms with van der Waals surface area (Å²) in [6, 6.07) is 5.62. The van der Waals surface area contributed by atoms with Crippen LogP contribution < -0.4 is 11.1 Å². The van der Waals surface area contributed by atoms with Gasteiger partial charge in [-0.2, -0.15) is 0 Å². The van der Waals surface area contributed by atoms with E-state index in [1.807, 2.05) is 25.1 Å². The average Bonchev–Trinajstić information content (AvgIpc) is 2.38. The number of anilines is 1. The summed E-state index contributed by atoms with van der Waals surface area (Å²) in [6.07, 6.45) is 1.60. The maximum atomic E-state index is 12.1. The van der Waals surface area contributed by atoms with E-state index in [9.17, 15) is 4.79 Å². The monoisotopic (exact) mass is 259 g/mol. The predicted molar refractivity (Wildman–Crippen MR) is 75.1 cm³/mol. The first-order chi connectivity index (χ1) is 9.13. The van der Waals surface area contributed by atoms with Crippen molar-refractivity contribution in [1.82, 2.24) is 10.3 Å². The van der Waals surface area contributed by atoms with E-state index in [1.54, 1.807) is 13.3 Å². The van der Waals surface area contributed by atoms with Crippen LogP contribution in [0.4, 0.5) is 5.69 Å². The number of aromatic nitrogens is 1. The van der Waals surface area contributed by atoms with Crippen LogP contribution in [0.3, 0.4) is 0 Å². The van der Waals surface area contributed by atoms with E-state index < -0.39 is 0 Å². The third-order valence-corrected chi connectivity index (χ3v) is 2.86. The normalized spacial score (nSPS) is 10.6. The Bertz CT molecular complexity index is 611. The number of nitrogen functional groups attached to an aromatic ring is 1. The summed E-state index contributed by atoms with van der Waals surface area (Å²) in [5.41, 5.74) is 8.02. The molecular formula is C14H17N3O2. The Morgan fingerprint density at radius 1 is 1.42 bits per heavy atom. The van der Waals surface area contributed by atoms with E-state index in [4.69, 9.17) is 10.5 Å². The molecule has 0 fully saturated rings. The lowest BCUT2D eigenvalue weighted by Gasteiger charge is -2.09. The number of rotatable bonds is 4. The van der Waals surface area contributed by atoms with Crippen LogP contribution in [0.5, 0.6) is 0 Å². The lowest BCUT2D eigenvalue weighted by molar-refractivity contribution is 0.0934. The Hall–Kier alpha value is -2.14. The summed E-state index contributed by atoms with van der Waals surface area (Å²) in [5.74, 6) is -0.215. The van der Waals surface area contributed by atoms with Gasteiger partial charge in [0.15, 0.2) is 0 Å². The topological polar surface area (TPSA) is 77.2 Å². The second kappa shape index (κ2) is 5.67. The van der Waals surface area contributed by atoms with Gasteiger partial charge in [-0.15, -0.1) is 0 Å². The first-order valence-corrected chi connectivity index (χ1v) is 6.05. The number of carbonyl (C=O) groups excluding carboxylic acids is 1. The number of aryl methyl sites for hydroxylation is 1. The molecule has 0 saturated carbocycles. The zero-order chi connectivity index (χ0) is 13.8. The third-order valence-electron chi connectivity index (χ3n) is 2.86. The number of nitrogens with one attached hydrogen (secondary N) is 1. The van der Waals surface area contributed by atoms with E-state index in [1.165, 1.54) is 0 Å². The molecule has 19 heavy (non-hydrogen) atoms. The van der Waals surface area contributed by atoms with Gasteiger partial charge in [0, 0.05) is 36.3 Å². The summed E-state index contributed by atoms with van der Waals surface area (Å²) < 4.78 is 4.90. The molecule has 0 aliphatic rings. The Labute approximate surface area is 111 Å². The largest absolute Gasteiger partial charge is 0.398 e. The third kappa shape index (κ3) is 2.82. The van der Waals surface area contributed by atoms with Crippen molar-refractivity contribution >= 4 is 22.4 Å². The highest BCUT2D eigenvalue weighted by molar-refractivity contribution is 6.08. The number of ether oxygens (including phenoxy) is 1. The van der Waals surface area contributed by atoms with Crippen LogP contribution in [0.1, 0.15) is 16.1 Å². The fraction of sp³-hybridized carbons (Fsp3) is 0.286. The molecule has 1 aromatic carbocycles. The molecule has 0 saturated heterocycles. The number of nitrogens with two attached hydrogens (primary N) is 1. The molecular weight excluding hydrogens is 242 g/mol. The molecule has 0 radical (unpaired) electrons. The molecule has 1 aromatic heterocycles. The second-order valence-electron chi connectivity index (χ2n) is 4.36. The van der Waals surface area contributed by atoms with E-state index in [-0.39, 0.29) is 5.91 Å². The smallest absolute Gasteiger partial charge is 0.270 e. The summed E-state index contributed by atoms with van der Waals surface area (Å²) in [7, 11) is 1.59. The highest BCUT2D eigenvalue weighted by atomic mass is 16.5. The molecule has 1 heterocycles. The molecule has 0 spiro atoms. The molecule has 100 valence electrons. The van der Waals surface area contributed by atoms with E-state index in [0.29, 0.717) is 24.5 Å². The van der Waals surface area contributed by atoms with Gasteiger partial charge < -0.3 is 15.8 Å². The van der Waals surface area contributed by atoms with Crippen LogP contribution in [0, 0.1) is 6.92 Å². The zero-order valence-electron chi connectivity index (χ0n) is 11.1. The minimum Gasteiger partial charge on any atom is -0.398 e. The fourth-order valence-corrected chi connectivity index (χ4v) is 1.99. The van der Waals surface area contributed by atoms with Crippen molar-refractivity contribution in [3.8, 4) is 0 Å². The summed E-state index contributed by atoms with van der Waals surface area (Å²) in [6.45, 7) is 2.86. The van der Waals surface area contributed by atoms with Crippen LogP contribution in [-0.4, -0.2) is 31.2 Å². The van der Waals surface area contributed by atoms with Crippen molar-refractivity contribution in [2.45, 2.75) is 6.92 Å².